The molecule has 1 aromatic carbocycles. The van der Waals surface area contributed by atoms with E-state index >= 15 is 0 Å². The molecular weight excluding hydrogens is 260 g/mol. The van der Waals surface area contributed by atoms with E-state index in [1.165, 1.54) is 0 Å². The van der Waals surface area contributed by atoms with Crippen LogP contribution in [0.1, 0.15) is 26.3 Å². The molecule has 4 heteroatoms. The minimum atomic E-state index is 0.283. The van der Waals surface area contributed by atoms with Gasteiger partial charge in [0, 0.05) is 18.0 Å². The Morgan fingerprint density at radius 3 is 2.67 bits per heavy atom. The summed E-state index contributed by atoms with van der Waals surface area (Å²) in [5, 5.41) is 13.6. The van der Waals surface area contributed by atoms with Crippen molar-refractivity contribution in [2.75, 3.05) is 25.0 Å². The fraction of sp³-hybridized carbons (Fsp3) is 0.412. The number of nitrogens with zero attached hydrogens (tertiary/aromatic N) is 3. The highest BCUT2D eigenvalue weighted by molar-refractivity contribution is 5.86. The molecule has 0 radical (unpaired) electrons. The topological polar surface area (TPSA) is 52.0 Å². The van der Waals surface area contributed by atoms with Crippen molar-refractivity contribution in [3.8, 4) is 6.07 Å². The van der Waals surface area contributed by atoms with Crippen molar-refractivity contribution >= 4 is 16.7 Å². The first-order valence-corrected chi connectivity index (χ1v) is 7.46. The Labute approximate surface area is 126 Å². The van der Waals surface area contributed by atoms with Crippen LogP contribution in [0, 0.1) is 11.3 Å². The molecule has 1 N–H and O–H groups in total. The Morgan fingerprint density at radius 2 is 2.00 bits per heavy atom. The van der Waals surface area contributed by atoms with Gasteiger partial charge in [0.15, 0.2) is 0 Å². The molecule has 1 atom stereocenters. The minimum absolute atomic E-state index is 0.283. The van der Waals surface area contributed by atoms with E-state index in [0.717, 1.165) is 36.4 Å². The number of rotatable bonds is 6. The molecule has 0 fully saturated rings. The van der Waals surface area contributed by atoms with E-state index < -0.39 is 0 Å². The third-order valence-corrected chi connectivity index (χ3v) is 3.66. The lowest BCUT2D eigenvalue weighted by atomic mass is 10.1. The van der Waals surface area contributed by atoms with Crippen LogP contribution < -0.4 is 5.32 Å². The summed E-state index contributed by atoms with van der Waals surface area (Å²) in [5.41, 5.74) is 1.52. The van der Waals surface area contributed by atoms with Crippen molar-refractivity contribution in [2.45, 2.75) is 26.8 Å². The summed E-state index contributed by atoms with van der Waals surface area (Å²) in [7, 11) is 0. The summed E-state index contributed by atoms with van der Waals surface area (Å²) < 4.78 is 0. The van der Waals surface area contributed by atoms with Crippen LogP contribution in [-0.2, 0) is 0 Å². The molecule has 0 aliphatic carbocycles. The fourth-order valence-electron chi connectivity index (χ4n) is 2.51. The highest BCUT2D eigenvalue weighted by Crippen LogP contribution is 2.20. The van der Waals surface area contributed by atoms with Crippen LogP contribution in [0.25, 0.3) is 10.9 Å². The van der Waals surface area contributed by atoms with E-state index in [-0.39, 0.29) is 6.04 Å². The van der Waals surface area contributed by atoms with Gasteiger partial charge < -0.3 is 10.2 Å². The predicted octanol–water partition coefficient (Wildman–Crippen LogP) is 3.25. The maximum absolute atomic E-state index is 9.30. The Hall–Kier alpha value is -2.12. The number of nitrogens with one attached hydrogen (secondary N) is 1. The van der Waals surface area contributed by atoms with E-state index in [1.54, 1.807) is 0 Å². The second-order valence-corrected chi connectivity index (χ2v) is 5.22. The van der Waals surface area contributed by atoms with Crippen LogP contribution in [0.3, 0.4) is 0 Å². The van der Waals surface area contributed by atoms with Gasteiger partial charge in [0.25, 0.3) is 0 Å². The minimum Gasteiger partial charge on any atom is -0.366 e. The number of fused-ring (bicyclic) bond motifs is 1. The van der Waals surface area contributed by atoms with E-state index in [4.69, 9.17) is 0 Å². The van der Waals surface area contributed by atoms with Gasteiger partial charge in [0.05, 0.1) is 17.1 Å². The van der Waals surface area contributed by atoms with Gasteiger partial charge in [0.2, 0.25) is 0 Å². The van der Waals surface area contributed by atoms with Gasteiger partial charge >= 0.3 is 0 Å². The average Bonchev–Trinajstić information content (AvgIpc) is 2.51. The molecule has 1 aromatic heterocycles. The SMILES string of the molecule is CCN(CC)CC(C)Nc1cc(C#N)c2ccccc2n1. The molecule has 0 saturated carbocycles. The quantitative estimate of drug-likeness (QED) is 0.883. The number of hydrogen-bond acceptors (Lipinski definition) is 4. The fourth-order valence-corrected chi connectivity index (χ4v) is 2.51. The third-order valence-electron chi connectivity index (χ3n) is 3.66. The zero-order valence-electron chi connectivity index (χ0n) is 12.9. The summed E-state index contributed by atoms with van der Waals surface area (Å²) in [5.74, 6) is 0.768. The summed E-state index contributed by atoms with van der Waals surface area (Å²) in [6.45, 7) is 9.51. The van der Waals surface area contributed by atoms with E-state index in [0.29, 0.717) is 5.56 Å². The summed E-state index contributed by atoms with van der Waals surface area (Å²) >= 11 is 0. The molecule has 0 amide bonds. The summed E-state index contributed by atoms with van der Waals surface area (Å²) in [6, 6.07) is 12.1. The van der Waals surface area contributed by atoms with Crippen molar-refractivity contribution in [2.24, 2.45) is 0 Å². The number of pyridine rings is 1. The third kappa shape index (κ3) is 3.71. The second kappa shape index (κ2) is 7.05. The maximum atomic E-state index is 9.30. The molecule has 0 aliphatic rings. The molecule has 2 rings (SSSR count). The normalized spacial score (nSPS) is 12.3. The lowest BCUT2D eigenvalue weighted by Gasteiger charge is -2.23. The number of anilines is 1. The predicted molar refractivity (Wildman–Crippen MR) is 87.3 cm³/mol. The van der Waals surface area contributed by atoms with E-state index in [9.17, 15) is 5.26 Å². The second-order valence-electron chi connectivity index (χ2n) is 5.22. The number of nitriles is 1. The van der Waals surface area contributed by atoms with Crippen LogP contribution in [0.15, 0.2) is 30.3 Å². The number of benzene rings is 1. The van der Waals surface area contributed by atoms with Gasteiger partial charge in [-0.15, -0.1) is 0 Å². The van der Waals surface area contributed by atoms with Gasteiger partial charge in [0.1, 0.15) is 5.82 Å². The highest BCUT2D eigenvalue weighted by atomic mass is 15.1. The number of para-hydroxylation sites is 1. The van der Waals surface area contributed by atoms with Crippen molar-refractivity contribution in [3.05, 3.63) is 35.9 Å². The number of hydrogen-bond donors (Lipinski definition) is 1. The van der Waals surface area contributed by atoms with Gasteiger partial charge in [-0.2, -0.15) is 5.26 Å². The molecular formula is C17H22N4. The summed E-state index contributed by atoms with van der Waals surface area (Å²) in [4.78, 5) is 6.97. The van der Waals surface area contributed by atoms with Crippen LogP contribution >= 0.6 is 0 Å². The Bertz CT molecular complexity index is 641. The number of aromatic nitrogens is 1. The smallest absolute Gasteiger partial charge is 0.128 e. The molecule has 1 heterocycles. The van der Waals surface area contributed by atoms with Crippen molar-refractivity contribution in [1.82, 2.24) is 9.88 Å². The van der Waals surface area contributed by atoms with E-state index in [1.807, 2.05) is 30.3 Å². The first-order chi connectivity index (χ1) is 10.2. The lowest BCUT2D eigenvalue weighted by Crippen LogP contribution is -2.34. The summed E-state index contributed by atoms with van der Waals surface area (Å²) in [6.07, 6.45) is 0. The zero-order chi connectivity index (χ0) is 15.2. The van der Waals surface area contributed by atoms with Gasteiger partial charge in [-0.25, -0.2) is 4.98 Å². The van der Waals surface area contributed by atoms with Crippen molar-refractivity contribution in [1.29, 1.82) is 5.26 Å². The molecule has 0 spiro atoms. The van der Waals surface area contributed by atoms with Gasteiger partial charge in [-0.3, -0.25) is 0 Å². The van der Waals surface area contributed by atoms with Crippen LogP contribution in [0.2, 0.25) is 0 Å². The van der Waals surface area contributed by atoms with Crippen LogP contribution in [0.4, 0.5) is 5.82 Å². The Morgan fingerprint density at radius 1 is 1.29 bits per heavy atom. The average molecular weight is 282 g/mol. The van der Waals surface area contributed by atoms with E-state index in [2.05, 4.69) is 42.0 Å². The Kier molecular flexibility index (Phi) is 5.13. The van der Waals surface area contributed by atoms with Gasteiger partial charge in [-0.05, 0) is 32.1 Å². The molecule has 1 unspecified atom stereocenters. The van der Waals surface area contributed by atoms with Gasteiger partial charge in [-0.1, -0.05) is 32.0 Å². The molecule has 4 nitrogen and oxygen atoms in total. The Balaban J connectivity index is 2.21. The highest BCUT2D eigenvalue weighted by Gasteiger charge is 2.10. The first kappa shape index (κ1) is 15.3. The largest absolute Gasteiger partial charge is 0.366 e. The van der Waals surface area contributed by atoms with Crippen molar-refractivity contribution < 1.29 is 0 Å². The van der Waals surface area contributed by atoms with Crippen LogP contribution in [0.5, 0.6) is 0 Å². The molecule has 110 valence electrons. The van der Waals surface area contributed by atoms with Crippen molar-refractivity contribution in [3.63, 3.8) is 0 Å². The maximum Gasteiger partial charge on any atom is 0.128 e. The molecule has 0 saturated heterocycles. The number of likely N-dealkylation sites (N-methyl/N-ethyl adjacent to an activating group) is 1. The molecule has 0 aliphatic heterocycles. The van der Waals surface area contributed by atoms with Crippen LogP contribution in [-0.4, -0.2) is 35.6 Å². The first-order valence-electron chi connectivity index (χ1n) is 7.46. The molecule has 21 heavy (non-hydrogen) atoms. The molecule has 0 bridgehead atoms. The lowest BCUT2D eigenvalue weighted by molar-refractivity contribution is 0.294. The standard InChI is InChI=1S/C17H22N4/c1-4-21(5-2)12-13(3)19-17-10-14(11-18)15-8-6-7-9-16(15)20-17/h6-10,13H,4-5,12H2,1-3H3,(H,19,20). The monoisotopic (exact) mass is 282 g/mol. The molecule has 2 aromatic rings. The zero-order valence-corrected chi connectivity index (χ0v) is 12.9.